The summed E-state index contributed by atoms with van der Waals surface area (Å²) in [6, 6.07) is 8.21. The maximum Gasteiger partial charge on any atom is 0.218 e. The molecule has 3 nitrogen and oxygen atoms in total. The van der Waals surface area contributed by atoms with Gasteiger partial charge in [-0.15, -0.1) is 0 Å². The lowest BCUT2D eigenvalue weighted by Gasteiger charge is -2.27. The molecule has 3 heteroatoms. The van der Waals surface area contributed by atoms with Gasteiger partial charge in [0.05, 0.1) is 6.17 Å². The number of fused-ring (bicyclic) bond motifs is 1. The summed E-state index contributed by atoms with van der Waals surface area (Å²) in [5.41, 5.74) is 2.46. The number of hydrogen-bond acceptors (Lipinski definition) is 2. The third-order valence-corrected chi connectivity index (χ3v) is 2.43. The van der Waals surface area contributed by atoms with Crippen molar-refractivity contribution >= 4 is 11.6 Å². The number of para-hydroxylation sites is 1. The molecule has 0 aliphatic carbocycles. The zero-order chi connectivity index (χ0) is 9.97. The quantitative estimate of drug-likeness (QED) is 0.704. The lowest BCUT2D eigenvalue weighted by atomic mass is 10.0. The van der Waals surface area contributed by atoms with E-state index >= 15 is 0 Å². The van der Waals surface area contributed by atoms with E-state index in [-0.39, 0.29) is 12.1 Å². The summed E-state index contributed by atoms with van der Waals surface area (Å²) >= 11 is 0. The van der Waals surface area contributed by atoms with Crippen LogP contribution in [0.5, 0.6) is 0 Å². The number of carbonyl (C=O) groups is 1. The van der Waals surface area contributed by atoms with E-state index in [9.17, 15) is 4.79 Å². The van der Waals surface area contributed by atoms with Gasteiger partial charge in [0, 0.05) is 12.6 Å². The first kappa shape index (κ1) is 9.06. The number of carbonyl (C=O) groups excluding carboxylic acids is 1. The normalized spacial score (nSPS) is 19.4. The fourth-order valence-corrected chi connectivity index (χ4v) is 1.79. The number of anilines is 1. The predicted molar refractivity (Wildman–Crippen MR) is 56.0 cm³/mol. The van der Waals surface area contributed by atoms with Crippen LogP contribution < -0.4 is 10.6 Å². The van der Waals surface area contributed by atoms with E-state index in [1.54, 1.807) is 6.92 Å². The first-order valence-electron chi connectivity index (χ1n) is 4.87. The van der Waals surface area contributed by atoms with Crippen LogP contribution in [0.3, 0.4) is 0 Å². The minimum absolute atomic E-state index is 0.0156. The number of hydrogen-bond donors (Lipinski definition) is 2. The molecule has 0 aromatic heterocycles. The summed E-state index contributed by atoms with van der Waals surface area (Å²) < 4.78 is 0. The first-order valence-corrected chi connectivity index (χ1v) is 4.87. The molecule has 14 heavy (non-hydrogen) atoms. The molecule has 0 unspecified atom stereocenters. The summed E-state index contributed by atoms with van der Waals surface area (Å²) in [7, 11) is 0. The van der Waals surface area contributed by atoms with E-state index in [2.05, 4.69) is 16.7 Å². The Labute approximate surface area is 83.5 Å². The minimum atomic E-state index is 0.0156. The Morgan fingerprint density at radius 1 is 1.50 bits per heavy atom. The summed E-state index contributed by atoms with van der Waals surface area (Å²) in [5, 5.41) is 6.17. The van der Waals surface area contributed by atoms with Crippen LogP contribution in [0, 0.1) is 0 Å². The predicted octanol–water partition coefficient (Wildman–Crippen LogP) is 1.51. The fourth-order valence-electron chi connectivity index (χ4n) is 1.79. The standard InChI is InChI=1S/C11H14N2O/c1-8(14)12-11-7-6-9-4-2-3-5-10(9)13-11/h2-5,11,13H,6-7H2,1H3,(H,12,14)/t11-/m0/s1. The van der Waals surface area contributed by atoms with Gasteiger partial charge in [0.15, 0.2) is 0 Å². The average Bonchev–Trinajstić information content (AvgIpc) is 2.17. The lowest BCUT2D eigenvalue weighted by molar-refractivity contribution is -0.119. The molecule has 1 amide bonds. The van der Waals surface area contributed by atoms with Crippen molar-refractivity contribution in [1.82, 2.24) is 5.32 Å². The number of aryl methyl sites for hydroxylation is 1. The Morgan fingerprint density at radius 2 is 2.29 bits per heavy atom. The van der Waals surface area contributed by atoms with Gasteiger partial charge in [0.2, 0.25) is 5.91 Å². The van der Waals surface area contributed by atoms with Crippen molar-refractivity contribution in [2.24, 2.45) is 0 Å². The van der Waals surface area contributed by atoms with Crippen LogP contribution in [0.1, 0.15) is 18.9 Å². The van der Waals surface area contributed by atoms with E-state index in [1.165, 1.54) is 5.56 Å². The monoisotopic (exact) mass is 190 g/mol. The zero-order valence-corrected chi connectivity index (χ0v) is 8.21. The number of nitrogens with one attached hydrogen (secondary N) is 2. The second-order valence-electron chi connectivity index (χ2n) is 3.59. The Morgan fingerprint density at radius 3 is 3.07 bits per heavy atom. The van der Waals surface area contributed by atoms with Crippen molar-refractivity contribution in [3.63, 3.8) is 0 Å². The van der Waals surface area contributed by atoms with E-state index in [0.717, 1.165) is 18.5 Å². The smallest absolute Gasteiger partial charge is 0.218 e. The molecule has 0 spiro atoms. The molecule has 0 bridgehead atoms. The number of rotatable bonds is 1. The molecule has 2 rings (SSSR count). The second kappa shape index (κ2) is 3.70. The molecule has 0 saturated carbocycles. The van der Waals surface area contributed by atoms with Crippen molar-refractivity contribution in [2.45, 2.75) is 25.9 Å². The van der Waals surface area contributed by atoms with Gasteiger partial charge in [-0.2, -0.15) is 0 Å². The number of amides is 1. The maximum absolute atomic E-state index is 10.9. The summed E-state index contributed by atoms with van der Waals surface area (Å²) in [6.07, 6.45) is 2.06. The summed E-state index contributed by atoms with van der Waals surface area (Å²) in [6.45, 7) is 1.54. The van der Waals surface area contributed by atoms with Gasteiger partial charge in [0.1, 0.15) is 0 Å². The first-order chi connectivity index (χ1) is 6.75. The van der Waals surface area contributed by atoms with Gasteiger partial charge in [-0.25, -0.2) is 0 Å². The van der Waals surface area contributed by atoms with Crippen LogP contribution >= 0.6 is 0 Å². The molecule has 1 aromatic rings. The highest BCUT2D eigenvalue weighted by molar-refractivity contribution is 5.73. The van der Waals surface area contributed by atoms with E-state index in [1.807, 2.05) is 18.2 Å². The van der Waals surface area contributed by atoms with E-state index in [0.29, 0.717) is 0 Å². The largest absolute Gasteiger partial charge is 0.365 e. The van der Waals surface area contributed by atoms with Crippen LogP contribution in [-0.2, 0) is 11.2 Å². The van der Waals surface area contributed by atoms with E-state index < -0.39 is 0 Å². The summed E-state index contributed by atoms with van der Waals surface area (Å²) in [4.78, 5) is 10.9. The molecule has 2 N–H and O–H groups in total. The van der Waals surface area contributed by atoms with Crippen LogP contribution in [0.25, 0.3) is 0 Å². The highest BCUT2D eigenvalue weighted by Gasteiger charge is 2.16. The Kier molecular flexibility index (Phi) is 2.39. The maximum atomic E-state index is 10.9. The van der Waals surface area contributed by atoms with Gasteiger partial charge in [0.25, 0.3) is 0 Å². The van der Waals surface area contributed by atoms with Gasteiger partial charge < -0.3 is 10.6 Å². The van der Waals surface area contributed by atoms with Crippen molar-refractivity contribution in [3.8, 4) is 0 Å². The fraction of sp³-hybridized carbons (Fsp3) is 0.364. The van der Waals surface area contributed by atoms with Crippen molar-refractivity contribution in [1.29, 1.82) is 0 Å². The molecule has 0 fully saturated rings. The van der Waals surface area contributed by atoms with Gasteiger partial charge in [-0.05, 0) is 24.5 Å². The van der Waals surface area contributed by atoms with Gasteiger partial charge in [-0.1, -0.05) is 18.2 Å². The molecule has 1 heterocycles. The van der Waals surface area contributed by atoms with Crippen molar-refractivity contribution < 1.29 is 4.79 Å². The van der Waals surface area contributed by atoms with Crippen LogP contribution in [0.15, 0.2) is 24.3 Å². The van der Waals surface area contributed by atoms with Gasteiger partial charge >= 0.3 is 0 Å². The average molecular weight is 190 g/mol. The SMILES string of the molecule is CC(=O)N[C@@H]1CCc2ccccc2N1. The highest BCUT2D eigenvalue weighted by Crippen LogP contribution is 2.22. The Bertz CT molecular complexity index is 349. The number of benzene rings is 1. The van der Waals surface area contributed by atoms with Crippen LogP contribution in [-0.4, -0.2) is 12.1 Å². The molecule has 0 saturated heterocycles. The Hall–Kier alpha value is -1.51. The lowest BCUT2D eigenvalue weighted by Crippen LogP contribution is -2.41. The highest BCUT2D eigenvalue weighted by atomic mass is 16.1. The molecule has 1 aliphatic rings. The second-order valence-corrected chi connectivity index (χ2v) is 3.59. The molecular weight excluding hydrogens is 176 g/mol. The molecular formula is C11H14N2O. The molecule has 1 aromatic carbocycles. The molecule has 74 valence electrons. The summed E-state index contributed by atoms with van der Waals surface area (Å²) in [5.74, 6) is 0.0156. The third-order valence-electron chi connectivity index (χ3n) is 2.43. The zero-order valence-electron chi connectivity index (χ0n) is 8.21. The van der Waals surface area contributed by atoms with Crippen molar-refractivity contribution in [3.05, 3.63) is 29.8 Å². The third kappa shape index (κ3) is 1.87. The minimum Gasteiger partial charge on any atom is -0.365 e. The van der Waals surface area contributed by atoms with Gasteiger partial charge in [-0.3, -0.25) is 4.79 Å². The topological polar surface area (TPSA) is 41.1 Å². The Balaban J connectivity index is 2.09. The van der Waals surface area contributed by atoms with Crippen molar-refractivity contribution in [2.75, 3.05) is 5.32 Å². The molecule has 0 radical (unpaired) electrons. The van der Waals surface area contributed by atoms with Crippen LogP contribution in [0.2, 0.25) is 0 Å². The molecule has 1 aliphatic heterocycles. The van der Waals surface area contributed by atoms with E-state index in [4.69, 9.17) is 0 Å². The molecule has 1 atom stereocenters. The van der Waals surface area contributed by atoms with Crippen LogP contribution in [0.4, 0.5) is 5.69 Å².